The van der Waals surface area contributed by atoms with Crippen molar-refractivity contribution < 1.29 is 93.3 Å². The highest BCUT2D eigenvalue weighted by atomic mass is 16.4. The van der Waals surface area contributed by atoms with E-state index in [2.05, 4.69) is 16.0 Å². The van der Waals surface area contributed by atoms with Crippen LogP contribution in [0.1, 0.15) is 77.0 Å². The lowest BCUT2D eigenvalue weighted by atomic mass is 10.1. The molecule has 25 nitrogen and oxygen atoms in total. The van der Waals surface area contributed by atoms with Gasteiger partial charge >= 0.3 is 41.8 Å². The van der Waals surface area contributed by atoms with Gasteiger partial charge in [-0.15, -0.1) is 0 Å². The SMILES string of the molecule is N[C@@H](CCC(=O)N[C@@H](CCC(=O)N[C@@H](CCC(=O)O)C(=O)N[C@@H](CCC(=O)O)C(=O)N[C@@H](CCC(=O)N[C@@H](CCC(=O)O)C(=O)O)C(=O)O)C(=O)O)C(=O)O. The van der Waals surface area contributed by atoms with Crippen LogP contribution in [0.4, 0.5) is 0 Å². The first kappa shape index (κ1) is 48.6. The third kappa shape index (κ3) is 21.7. The van der Waals surface area contributed by atoms with Crippen molar-refractivity contribution in [3.63, 3.8) is 0 Å². The van der Waals surface area contributed by atoms with Crippen LogP contribution in [0, 0.1) is 0 Å². The van der Waals surface area contributed by atoms with Crippen molar-refractivity contribution in [3.8, 4) is 0 Å². The largest absolute Gasteiger partial charge is 0.481 e. The summed E-state index contributed by atoms with van der Waals surface area (Å²) < 4.78 is 0. The maximum Gasteiger partial charge on any atom is 0.326 e. The van der Waals surface area contributed by atoms with E-state index in [-0.39, 0.29) is 6.42 Å². The Hall–Kier alpha value is -6.40. The van der Waals surface area contributed by atoms with E-state index in [0.29, 0.717) is 0 Å². The minimum Gasteiger partial charge on any atom is -0.481 e. The van der Waals surface area contributed by atoms with Gasteiger partial charge in [0.05, 0.1) is 0 Å². The molecule has 0 aliphatic rings. The van der Waals surface area contributed by atoms with Gasteiger partial charge in [0.2, 0.25) is 29.5 Å². The molecule has 0 aliphatic heterocycles. The van der Waals surface area contributed by atoms with E-state index < -0.39 is 178 Å². The van der Waals surface area contributed by atoms with Gasteiger partial charge in [0.15, 0.2) is 0 Å². The number of hydrogen-bond donors (Lipinski definition) is 13. The Kier molecular flexibility index (Phi) is 21.9. The number of amides is 5. The minimum atomic E-state index is -1.87. The van der Waals surface area contributed by atoms with E-state index in [9.17, 15) is 72.9 Å². The normalized spacial score (nSPS) is 13.9. The second kappa shape index (κ2) is 24.8. The number of aliphatic carboxylic acids is 7. The van der Waals surface area contributed by atoms with Crippen LogP contribution in [0.5, 0.6) is 0 Å². The lowest BCUT2D eigenvalue weighted by Gasteiger charge is -2.24. The molecule has 5 amide bonds. The second-order valence-electron chi connectivity index (χ2n) is 11.9. The van der Waals surface area contributed by atoms with Gasteiger partial charge in [-0.2, -0.15) is 0 Å². The number of nitrogens with one attached hydrogen (secondary N) is 5. The quantitative estimate of drug-likeness (QED) is 0.0343. The van der Waals surface area contributed by atoms with E-state index in [0.717, 1.165) is 0 Å². The summed E-state index contributed by atoms with van der Waals surface area (Å²) in [6.07, 6.45) is -7.31. The molecule has 25 heteroatoms. The van der Waals surface area contributed by atoms with Gasteiger partial charge in [-0.25, -0.2) is 14.4 Å². The molecule has 0 rings (SSSR count). The Balaban J connectivity index is 5.77. The summed E-state index contributed by atoms with van der Waals surface area (Å²) in [5, 5.41) is 74.4. The predicted molar refractivity (Wildman–Crippen MR) is 176 cm³/mol. The molecule has 0 spiro atoms. The second-order valence-corrected chi connectivity index (χ2v) is 11.9. The third-order valence-corrected chi connectivity index (χ3v) is 7.43. The molecule has 0 fully saturated rings. The summed E-state index contributed by atoms with van der Waals surface area (Å²) in [5.41, 5.74) is 5.30. The van der Waals surface area contributed by atoms with Crippen molar-refractivity contribution in [1.29, 1.82) is 0 Å². The molecular formula is C30H44N6O19. The third-order valence-electron chi connectivity index (χ3n) is 7.43. The highest BCUT2D eigenvalue weighted by Gasteiger charge is 2.31. The van der Waals surface area contributed by atoms with Crippen LogP contribution >= 0.6 is 0 Å². The molecule has 0 bridgehead atoms. The molecule has 0 heterocycles. The predicted octanol–water partition coefficient (Wildman–Crippen LogP) is -3.99. The number of carbonyl (C=O) groups is 12. The number of carboxylic acid groups (broad SMARTS) is 7. The first-order valence-corrected chi connectivity index (χ1v) is 16.3. The molecule has 55 heavy (non-hydrogen) atoms. The molecule has 0 aromatic carbocycles. The van der Waals surface area contributed by atoms with Crippen molar-refractivity contribution >= 4 is 71.3 Å². The highest BCUT2D eigenvalue weighted by Crippen LogP contribution is 2.08. The van der Waals surface area contributed by atoms with Crippen molar-refractivity contribution in [3.05, 3.63) is 0 Å². The van der Waals surface area contributed by atoms with Crippen molar-refractivity contribution in [2.75, 3.05) is 0 Å². The number of hydrogen-bond acceptors (Lipinski definition) is 13. The highest BCUT2D eigenvalue weighted by molar-refractivity contribution is 5.94. The van der Waals surface area contributed by atoms with Crippen LogP contribution < -0.4 is 32.3 Å². The Morgan fingerprint density at radius 2 is 0.600 bits per heavy atom. The van der Waals surface area contributed by atoms with E-state index in [4.69, 9.17) is 26.2 Å². The van der Waals surface area contributed by atoms with E-state index in [1.807, 2.05) is 10.6 Å². The Labute approximate surface area is 310 Å². The van der Waals surface area contributed by atoms with Crippen LogP contribution in [0.2, 0.25) is 0 Å². The lowest BCUT2D eigenvalue weighted by molar-refractivity contribution is -0.144. The molecule has 0 unspecified atom stereocenters. The van der Waals surface area contributed by atoms with Crippen LogP contribution in [-0.2, 0) is 57.5 Å². The molecule has 0 radical (unpaired) electrons. The molecule has 0 saturated heterocycles. The van der Waals surface area contributed by atoms with E-state index >= 15 is 0 Å². The maximum absolute atomic E-state index is 13.2. The van der Waals surface area contributed by atoms with Crippen LogP contribution in [-0.4, -0.2) is 143 Å². The molecule has 0 aromatic rings. The van der Waals surface area contributed by atoms with Gasteiger partial charge in [-0.05, 0) is 38.5 Å². The molecule has 6 atom stereocenters. The number of rotatable bonds is 29. The molecule has 308 valence electrons. The zero-order valence-corrected chi connectivity index (χ0v) is 29.1. The van der Waals surface area contributed by atoms with Gasteiger partial charge in [0.1, 0.15) is 36.3 Å². The zero-order valence-electron chi connectivity index (χ0n) is 29.1. The Morgan fingerprint density at radius 3 is 0.927 bits per heavy atom. The minimum absolute atomic E-state index is 0.333. The fourth-order valence-electron chi connectivity index (χ4n) is 4.42. The molecule has 0 aliphatic carbocycles. The van der Waals surface area contributed by atoms with Gasteiger partial charge < -0.3 is 68.1 Å². The maximum atomic E-state index is 13.2. The fourth-order valence-corrected chi connectivity index (χ4v) is 4.42. The Bertz CT molecular complexity index is 1470. The standard InChI is InChI=1S/C30H44N6O19/c31-13(27(48)49)1-7-19(37)33-16(28(50)51)2-8-20(38)32-14(4-10-22(40)41)25(46)35-15(5-11-23(42)43)26(47)36-18(30(54)55)3-9-21(39)34-17(29(52)53)6-12-24(44)45/h13-18H,1-12,31H2,(H,32,38)(H,33,37)(H,34,39)(H,35,46)(H,36,47)(H,40,41)(H,42,43)(H,44,45)(H,48,49)(H,50,51)(H,52,53)(H,54,55)/t13-,14-,15-,16-,17-,18-/m0/s1. The number of carbonyl (C=O) groups excluding carboxylic acids is 5. The molecule has 14 N–H and O–H groups in total. The number of carboxylic acids is 7. The van der Waals surface area contributed by atoms with Crippen molar-refractivity contribution in [2.45, 2.75) is 113 Å². The summed E-state index contributed by atoms with van der Waals surface area (Å²) >= 11 is 0. The Morgan fingerprint density at radius 1 is 0.345 bits per heavy atom. The van der Waals surface area contributed by atoms with Crippen LogP contribution in [0.15, 0.2) is 0 Å². The monoisotopic (exact) mass is 792 g/mol. The van der Waals surface area contributed by atoms with Gasteiger partial charge in [-0.3, -0.25) is 43.2 Å². The van der Waals surface area contributed by atoms with Gasteiger partial charge in [0, 0.05) is 38.5 Å². The fraction of sp³-hybridized carbons (Fsp3) is 0.600. The molecule has 0 saturated carbocycles. The summed E-state index contributed by atoms with van der Waals surface area (Å²) in [7, 11) is 0. The summed E-state index contributed by atoms with van der Waals surface area (Å²) in [5.74, 6) is -16.0. The summed E-state index contributed by atoms with van der Waals surface area (Å²) in [6, 6.07) is -10.1. The average Bonchev–Trinajstić information content (AvgIpc) is 3.08. The smallest absolute Gasteiger partial charge is 0.326 e. The van der Waals surface area contributed by atoms with Gasteiger partial charge in [-0.1, -0.05) is 0 Å². The summed E-state index contributed by atoms with van der Waals surface area (Å²) in [6.45, 7) is 0. The van der Waals surface area contributed by atoms with E-state index in [1.165, 1.54) is 0 Å². The van der Waals surface area contributed by atoms with Crippen LogP contribution in [0.25, 0.3) is 0 Å². The molecule has 0 aromatic heterocycles. The average molecular weight is 793 g/mol. The zero-order chi connectivity index (χ0) is 42.4. The van der Waals surface area contributed by atoms with Crippen LogP contribution in [0.3, 0.4) is 0 Å². The van der Waals surface area contributed by atoms with Crippen molar-refractivity contribution in [1.82, 2.24) is 26.6 Å². The topological polar surface area (TPSA) is 433 Å². The first-order chi connectivity index (χ1) is 25.5. The summed E-state index contributed by atoms with van der Waals surface area (Å²) in [4.78, 5) is 142. The number of nitrogens with two attached hydrogens (primary N) is 1. The van der Waals surface area contributed by atoms with E-state index in [1.54, 1.807) is 0 Å². The lowest BCUT2D eigenvalue weighted by Crippen LogP contribution is -2.56. The van der Waals surface area contributed by atoms with Crippen molar-refractivity contribution in [2.24, 2.45) is 5.73 Å². The first-order valence-electron chi connectivity index (χ1n) is 16.3. The molecular weight excluding hydrogens is 748 g/mol. The van der Waals surface area contributed by atoms with Gasteiger partial charge in [0.25, 0.3) is 0 Å².